The molecule has 0 radical (unpaired) electrons. The fraction of sp³-hybridized carbons (Fsp3) is 0.190. The first-order valence-electron chi connectivity index (χ1n) is 9.14. The molecule has 0 fully saturated rings. The first kappa shape index (κ1) is 18.3. The quantitative estimate of drug-likeness (QED) is 0.595. The minimum Gasteiger partial charge on any atom is -0.345 e. The van der Waals surface area contributed by atoms with Gasteiger partial charge in [-0.2, -0.15) is 5.10 Å². The van der Waals surface area contributed by atoms with Crippen molar-refractivity contribution in [3.63, 3.8) is 0 Å². The van der Waals surface area contributed by atoms with E-state index in [2.05, 4.69) is 20.8 Å². The number of rotatable bonds is 4. The Morgan fingerprint density at radius 1 is 1.04 bits per heavy atom. The lowest BCUT2D eigenvalue weighted by Gasteiger charge is -2.22. The van der Waals surface area contributed by atoms with Gasteiger partial charge in [0, 0.05) is 27.9 Å². The van der Waals surface area contributed by atoms with Gasteiger partial charge in [0.25, 0.3) is 0 Å². The predicted molar refractivity (Wildman–Crippen MR) is 108 cm³/mol. The summed E-state index contributed by atoms with van der Waals surface area (Å²) in [6.07, 6.45) is 4.12. The number of aromatic nitrogens is 2. The molecule has 0 unspecified atom stereocenters. The van der Waals surface area contributed by atoms with Gasteiger partial charge in [-0.15, -0.1) is 0 Å². The average molecular weight is 392 g/mol. The van der Waals surface area contributed by atoms with Crippen molar-refractivity contribution in [3.8, 4) is 0 Å². The fourth-order valence-electron chi connectivity index (χ4n) is 3.24. The highest BCUT2D eigenvalue weighted by Crippen LogP contribution is 2.33. The molecule has 1 aliphatic carbocycles. The van der Waals surface area contributed by atoms with Crippen molar-refractivity contribution in [2.75, 3.05) is 5.32 Å². The van der Waals surface area contributed by atoms with E-state index in [0.717, 1.165) is 28.3 Å². The van der Waals surface area contributed by atoms with Crippen LogP contribution in [0.5, 0.6) is 0 Å². The number of aryl methyl sites for hydroxylation is 1. The van der Waals surface area contributed by atoms with Crippen LogP contribution in [0.4, 0.5) is 5.69 Å². The number of amides is 2. The van der Waals surface area contributed by atoms with Crippen molar-refractivity contribution < 1.29 is 9.59 Å². The van der Waals surface area contributed by atoms with Crippen LogP contribution in [-0.2, 0) is 22.4 Å². The maximum Gasteiger partial charge on any atom is 0.313 e. The van der Waals surface area contributed by atoms with Gasteiger partial charge >= 0.3 is 11.8 Å². The number of nitrogens with one attached hydrogen (secondary N) is 3. The average Bonchev–Trinajstić information content (AvgIpc) is 3.18. The molecule has 2 amide bonds. The first-order chi connectivity index (χ1) is 13.7. The lowest BCUT2D eigenvalue weighted by Crippen LogP contribution is -2.44. The molecule has 7 heteroatoms. The summed E-state index contributed by atoms with van der Waals surface area (Å²) in [6, 6.07) is 17.3. The number of benzene rings is 2. The number of carbonyl (C=O) groups is 2. The van der Waals surface area contributed by atoms with E-state index in [1.807, 2.05) is 54.7 Å². The molecule has 2 aromatic carbocycles. The third-order valence-electron chi connectivity index (χ3n) is 4.67. The van der Waals surface area contributed by atoms with Crippen LogP contribution < -0.4 is 10.6 Å². The number of hydrogen-bond donors (Lipinski definition) is 3. The molecule has 0 saturated heterocycles. The molecule has 6 nitrogen and oxygen atoms in total. The first-order valence-corrected chi connectivity index (χ1v) is 9.95. The summed E-state index contributed by atoms with van der Waals surface area (Å²) < 4.78 is 0. The van der Waals surface area contributed by atoms with E-state index < -0.39 is 11.8 Å². The van der Waals surface area contributed by atoms with E-state index in [1.165, 1.54) is 17.3 Å². The summed E-state index contributed by atoms with van der Waals surface area (Å²) in [4.78, 5) is 26.8. The maximum atomic E-state index is 12.4. The van der Waals surface area contributed by atoms with Crippen molar-refractivity contribution in [1.82, 2.24) is 15.5 Å². The van der Waals surface area contributed by atoms with Gasteiger partial charge in [0.1, 0.15) is 0 Å². The SMILES string of the molecule is O=C(Nc1ccccc1Sc1ccccc1)C(=O)N[C@@H]1CCc2cn[nH]c2C1. The van der Waals surface area contributed by atoms with Gasteiger partial charge in [0.15, 0.2) is 0 Å². The Morgan fingerprint density at radius 3 is 2.68 bits per heavy atom. The van der Waals surface area contributed by atoms with Gasteiger partial charge in [0.05, 0.1) is 11.9 Å². The number of carbonyl (C=O) groups excluding carboxylic acids is 2. The van der Waals surface area contributed by atoms with Gasteiger partial charge in [-0.3, -0.25) is 14.7 Å². The molecule has 28 heavy (non-hydrogen) atoms. The van der Waals surface area contributed by atoms with Gasteiger partial charge in [0.2, 0.25) is 0 Å². The van der Waals surface area contributed by atoms with Gasteiger partial charge in [-0.1, -0.05) is 42.1 Å². The second-order valence-electron chi connectivity index (χ2n) is 6.65. The van der Waals surface area contributed by atoms with E-state index in [1.54, 1.807) is 6.07 Å². The molecule has 1 heterocycles. The molecule has 0 aliphatic heterocycles. The number of aromatic amines is 1. The lowest BCUT2D eigenvalue weighted by molar-refractivity contribution is -0.136. The molecule has 0 bridgehead atoms. The number of nitrogens with zero attached hydrogens (tertiary/aromatic N) is 1. The Labute approximate surface area is 167 Å². The molecule has 3 N–H and O–H groups in total. The second-order valence-corrected chi connectivity index (χ2v) is 7.77. The zero-order valence-electron chi connectivity index (χ0n) is 15.1. The highest BCUT2D eigenvalue weighted by Gasteiger charge is 2.24. The number of H-pyrrole nitrogens is 1. The second kappa shape index (κ2) is 8.31. The van der Waals surface area contributed by atoms with E-state index in [9.17, 15) is 9.59 Å². The molecule has 142 valence electrons. The van der Waals surface area contributed by atoms with Crippen LogP contribution in [0, 0.1) is 0 Å². The monoisotopic (exact) mass is 392 g/mol. The minimum absolute atomic E-state index is 0.0693. The fourth-order valence-corrected chi connectivity index (χ4v) is 4.16. The standard InChI is InChI=1S/C21H20N4O2S/c26-20(23-15-11-10-14-13-22-25-18(14)12-15)21(27)24-17-8-4-5-9-19(17)28-16-6-2-1-3-7-16/h1-9,13,15H,10-12H2,(H,22,25)(H,23,26)(H,24,27)/t15-/m1/s1. The zero-order valence-corrected chi connectivity index (χ0v) is 16.0. The highest BCUT2D eigenvalue weighted by atomic mass is 32.2. The normalized spacial score (nSPS) is 15.5. The number of hydrogen-bond acceptors (Lipinski definition) is 4. The van der Waals surface area contributed by atoms with Crippen LogP contribution in [-0.4, -0.2) is 28.1 Å². The van der Waals surface area contributed by atoms with E-state index in [-0.39, 0.29) is 6.04 Å². The lowest BCUT2D eigenvalue weighted by atomic mass is 9.94. The third-order valence-corrected chi connectivity index (χ3v) is 5.75. The number of fused-ring (bicyclic) bond motifs is 1. The van der Waals surface area contributed by atoms with Crippen molar-refractivity contribution in [2.45, 2.75) is 35.1 Å². The van der Waals surface area contributed by atoms with Crippen molar-refractivity contribution >= 4 is 29.3 Å². The molecule has 4 rings (SSSR count). The molecule has 0 saturated carbocycles. The molecule has 0 spiro atoms. The number of anilines is 1. The third kappa shape index (κ3) is 4.26. The van der Waals surface area contributed by atoms with Gasteiger partial charge < -0.3 is 10.6 Å². The summed E-state index contributed by atoms with van der Waals surface area (Å²) >= 11 is 1.54. The topological polar surface area (TPSA) is 86.9 Å². The maximum absolute atomic E-state index is 12.4. The highest BCUT2D eigenvalue weighted by molar-refractivity contribution is 7.99. The smallest absolute Gasteiger partial charge is 0.313 e. The van der Waals surface area contributed by atoms with E-state index >= 15 is 0 Å². The van der Waals surface area contributed by atoms with Crippen molar-refractivity contribution in [3.05, 3.63) is 72.1 Å². The summed E-state index contributed by atoms with van der Waals surface area (Å²) in [6.45, 7) is 0. The van der Waals surface area contributed by atoms with E-state index in [0.29, 0.717) is 12.1 Å². The summed E-state index contributed by atoms with van der Waals surface area (Å²) in [5.41, 5.74) is 2.83. The molecule has 1 atom stereocenters. The van der Waals surface area contributed by atoms with Crippen LogP contribution >= 0.6 is 11.8 Å². The van der Waals surface area contributed by atoms with Crippen LogP contribution in [0.1, 0.15) is 17.7 Å². The molecule has 1 aromatic heterocycles. The predicted octanol–water partition coefficient (Wildman–Crippen LogP) is 3.17. The van der Waals surface area contributed by atoms with Gasteiger partial charge in [-0.25, -0.2) is 0 Å². The Hall–Kier alpha value is -3.06. The van der Waals surface area contributed by atoms with E-state index in [4.69, 9.17) is 0 Å². The van der Waals surface area contributed by atoms with Crippen LogP contribution in [0.15, 0.2) is 70.6 Å². The summed E-state index contributed by atoms with van der Waals surface area (Å²) in [7, 11) is 0. The Balaban J connectivity index is 1.39. The Kier molecular flexibility index (Phi) is 5.43. The zero-order chi connectivity index (χ0) is 19.3. The van der Waals surface area contributed by atoms with Crippen molar-refractivity contribution in [2.24, 2.45) is 0 Å². The molecule has 3 aromatic rings. The number of para-hydroxylation sites is 1. The Morgan fingerprint density at radius 2 is 1.82 bits per heavy atom. The minimum atomic E-state index is -0.656. The summed E-state index contributed by atoms with van der Waals surface area (Å²) in [5, 5.41) is 12.6. The molecular formula is C21H20N4O2S. The Bertz CT molecular complexity index is 987. The van der Waals surface area contributed by atoms with Crippen molar-refractivity contribution in [1.29, 1.82) is 0 Å². The van der Waals surface area contributed by atoms with Crippen LogP contribution in [0.2, 0.25) is 0 Å². The van der Waals surface area contributed by atoms with Gasteiger partial charge in [-0.05, 0) is 42.7 Å². The summed E-state index contributed by atoms with van der Waals surface area (Å²) in [5.74, 6) is -1.27. The molecular weight excluding hydrogens is 372 g/mol. The van der Waals surface area contributed by atoms with Crippen LogP contribution in [0.25, 0.3) is 0 Å². The molecule has 1 aliphatic rings. The largest absolute Gasteiger partial charge is 0.345 e. The van der Waals surface area contributed by atoms with Crippen LogP contribution in [0.3, 0.4) is 0 Å².